The molecule has 4 nitrogen and oxygen atoms in total. The number of benzene rings is 1. The molecule has 2 atom stereocenters. The van der Waals surface area contributed by atoms with Crippen molar-refractivity contribution in [1.82, 2.24) is 4.90 Å². The van der Waals surface area contributed by atoms with Gasteiger partial charge in [0.1, 0.15) is 5.82 Å². The van der Waals surface area contributed by atoms with E-state index in [1.165, 1.54) is 12.1 Å². The van der Waals surface area contributed by atoms with Crippen LogP contribution in [0, 0.1) is 17.2 Å². The minimum absolute atomic E-state index is 0.00467. The number of fused-ring (bicyclic) bond motifs is 1. The number of carboxylic acid groups (broad SMARTS) is 1. The first-order valence-corrected chi connectivity index (χ1v) is 7.76. The van der Waals surface area contributed by atoms with Crippen LogP contribution in [-0.4, -0.2) is 35.0 Å². The molecular formula is C16H17ClFNO3. The summed E-state index contributed by atoms with van der Waals surface area (Å²) in [5.41, 5.74) is -0.634. The van der Waals surface area contributed by atoms with Crippen LogP contribution in [0.1, 0.15) is 24.8 Å². The minimum Gasteiger partial charge on any atom is -0.481 e. The molecule has 1 saturated carbocycles. The Morgan fingerprint density at radius 2 is 2.23 bits per heavy atom. The smallest absolute Gasteiger partial charge is 0.311 e. The molecule has 2 aliphatic rings. The summed E-state index contributed by atoms with van der Waals surface area (Å²) >= 11 is 5.95. The quantitative estimate of drug-likeness (QED) is 0.929. The summed E-state index contributed by atoms with van der Waals surface area (Å²) in [6, 6.07) is 4.31. The van der Waals surface area contributed by atoms with Crippen molar-refractivity contribution in [2.45, 2.75) is 25.7 Å². The number of aliphatic carboxylic acids is 1. The van der Waals surface area contributed by atoms with Gasteiger partial charge in [-0.1, -0.05) is 24.1 Å². The first-order valence-electron chi connectivity index (χ1n) is 7.38. The van der Waals surface area contributed by atoms with E-state index < -0.39 is 17.2 Å². The Bertz CT molecular complexity index is 616. The minimum atomic E-state index is -0.825. The molecule has 1 saturated heterocycles. The van der Waals surface area contributed by atoms with Gasteiger partial charge < -0.3 is 10.0 Å². The fourth-order valence-corrected chi connectivity index (χ4v) is 4.02. The third-order valence-corrected chi connectivity index (χ3v) is 5.39. The molecule has 6 heteroatoms. The highest BCUT2D eigenvalue weighted by atomic mass is 35.5. The van der Waals surface area contributed by atoms with Crippen LogP contribution in [0.4, 0.5) is 4.39 Å². The largest absolute Gasteiger partial charge is 0.481 e. The summed E-state index contributed by atoms with van der Waals surface area (Å²) in [6.07, 6.45) is 2.19. The number of carboxylic acids is 1. The first kappa shape index (κ1) is 15.3. The molecule has 22 heavy (non-hydrogen) atoms. The molecule has 0 spiro atoms. The molecule has 0 bridgehead atoms. The van der Waals surface area contributed by atoms with E-state index in [2.05, 4.69) is 0 Å². The highest BCUT2D eigenvalue weighted by molar-refractivity contribution is 6.31. The van der Waals surface area contributed by atoms with Gasteiger partial charge >= 0.3 is 5.97 Å². The fourth-order valence-electron chi connectivity index (χ4n) is 3.79. The summed E-state index contributed by atoms with van der Waals surface area (Å²) in [5, 5.41) is 9.76. The molecule has 1 heterocycles. The molecule has 0 aromatic heterocycles. The third-order valence-electron chi connectivity index (χ3n) is 5.04. The van der Waals surface area contributed by atoms with Crippen molar-refractivity contribution in [3.05, 3.63) is 34.6 Å². The molecule has 1 aromatic rings. The molecule has 3 rings (SSSR count). The van der Waals surface area contributed by atoms with Crippen LogP contribution < -0.4 is 0 Å². The number of amides is 1. The Morgan fingerprint density at radius 1 is 1.45 bits per heavy atom. The number of nitrogens with zero attached hydrogens (tertiary/aromatic N) is 1. The lowest BCUT2D eigenvalue weighted by atomic mass is 9.81. The summed E-state index contributed by atoms with van der Waals surface area (Å²) in [4.78, 5) is 25.6. The van der Waals surface area contributed by atoms with Crippen molar-refractivity contribution in [3.63, 3.8) is 0 Å². The van der Waals surface area contributed by atoms with Gasteiger partial charge in [-0.25, -0.2) is 4.39 Å². The molecule has 2 fully saturated rings. The van der Waals surface area contributed by atoms with Crippen LogP contribution in [0.3, 0.4) is 0 Å². The molecule has 1 amide bonds. The monoisotopic (exact) mass is 325 g/mol. The van der Waals surface area contributed by atoms with Crippen molar-refractivity contribution in [3.8, 4) is 0 Å². The average molecular weight is 326 g/mol. The number of carbonyl (C=O) groups is 2. The van der Waals surface area contributed by atoms with Crippen molar-refractivity contribution in [1.29, 1.82) is 0 Å². The van der Waals surface area contributed by atoms with Crippen LogP contribution in [0.2, 0.25) is 5.02 Å². The van der Waals surface area contributed by atoms with Crippen LogP contribution in [0.5, 0.6) is 0 Å². The van der Waals surface area contributed by atoms with E-state index in [0.717, 1.165) is 12.8 Å². The van der Waals surface area contributed by atoms with E-state index in [-0.39, 0.29) is 35.4 Å². The number of halogens is 2. The van der Waals surface area contributed by atoms with Crippen LogP contribution in [0.15, 0.2) is 18.2 Å². The summed E-state index contributed by atoms with van der Waals surface area (Å²) in [6.45, 7) is 0.662. The third kappa shape index (κ3) is 2.37. The van der Waals surface area contributed by atoms with Gasteiger partial charge in [0, 0.05) is 23.7 Å². The van der Waals surface area contributed by atoms with Gasteiger partial charge in [0.25, 0.3) is 0 Å². The zero-order valence-electron chi connectivity index (χ0n) is 12.0. The van der Waals surface area contributed by atoms with Gasteiger partial charge in [-0.15, -0.1) is 0 Å². The first-order chi connectivity index (χ1) is 10.4. The second-order valence-electron chi connectivity index (χ2n) is 6.20. The Kier molecular flexibility index (Phi) is 3.85. The SMILES string of the molecule is O=C(Cc1c(F)cccc1Cl)N1C[C@@H]2CCC[C@@]2(C(=O)O)C1. The molecule has 1 aromatic carbocycles. The standard InChI is InChI=1S/C16H17ClFNO3/c17-12-4-1-5-13(18)11(12)7-14(20)19-8-10-3-2-6-16(10,9-19)15(21)22/h1,4-5,10H,2-3,6-9H2,(H,21,22)/t10-,16+/m0/s1. The van der Waals surface area contributed by atoms with E-state index in [1.807, 2.05) is 0 Å². The Balaban J connectivity index is 1.76. The maximum atomic E-state index is 13.8. The molecule has 0 unspecified atom stereocenters. The van der Waals surface area contributed by atoms with Gasteiger partial charge in [-0.3, -0.25) is 9.59 Å². The molecule has 118 valence electrons. The van der Waals surface area contributed by atoms with Gasteiger partial charge in [-0.05, 0) is 30.9 Å². The Morgan fingerprint density at radius 3 is 2.86 bits per heavy atom. The molecule has 1 aliphatic carbocycles. The van der Waals surface area contributed by atoms with Gasteiger partial charge in [0.15, 0.2) is 0 Å². The highest BCUT2D eigenvalue weighted by Crippen LogP contribution is 2.49. The maximum absolute atomic E-state index is 13.8. The maximum Gasteiger partial charge on any atom is 0.311 e. The zero-order chi connectivity index (χ0) is 15.9. The zero-order valence-corrected chi connectivity index (χ0v) is 12.8. The number of rotatable bonds is 3. The van der Waals surface area contributed by atoms with Crippen LogP contribution in [0.25, 0.3) is 0 Å². The second-order valence-corrected chi connectivity index (χ2v) is 6.61. The number of hydrogen-bond acceptors (Lipinski definition) is 2. The van der Waals surface area contributed by atoms with Crippen molar-refractivity contribution in [2.24, 2.45) is 11.3 Å². The Hall–Kier alpha value is -1.62. The Labute approximate surface area is 132 Å². The van der Waals surface area contributed by atoms with Crippen LogP contribution in [-0.2, 0) is 16.0 Å². The number of carbonyl (C=O) groups excluding carboxylic acids is 1. The van der Waals surface area contributed by atoms with Gasteiger partial charge in [-0.2, -0.15) is 0 Å². The molecule has 0 radical (unpaired) electrons. The van der Waals surface area contributed by atoms with Crippen molar-refractivity contribution >= 4 is 23.5 Å². The fraction of sp³-hybridized carbons (Fsp3) is 0.500. The summed E-state index contributed by atoms with van der Waals surface area (Å²) < 4.78 is 13.8. The van der Waals surface area contributed by atoms with E-state index in [4.69, 9.17) is 11.6 Å². The lowest BCUT2D eigenvalue weighted by Crippen LogP contribution is -2.37. The van der Waals surface area contributed by atoms with Crippen LogP contribution >= 0.6 is 11.6 Å². The summed E-state index contributed by atoms with van der Waals surface area (Å²) in [7, 11) is 0. The van der Waals surface area contributed by atoms with Gasteiger partial charge in [0.05, 0.1) is 11.8 Å². The molecular weight excluding hydrogens is 309 g/mol. The van der Waals surface area contributed by atoms with E-state index in [0.29, 0.717) is 13.0 Å². The topological polar surface area (TPSA) is 57.6 Å². The van der Waals surface area contributed by atoms with Crippen molar-refractivity contribution < 1.29 is 19.1 Å². The second kappa shape index (κ2) is 5.54. The normalized spacial score (nSPS) is 27.0. The van der Waals surface area contributed by atoms with E-state index in [1.54, 1.807) is 11.0 Å². The molecule has 1 aliphatic heterocycles. The average Bonchev–Trinajstić information content (AvgIpc) is 3.00. The van der Waals surface area contributed by atoms with E-state index >= 15 is 0 Å². The predicted octanol–water partition coefficient (Wildman–Crippen LogP) is 2.73. The molecule has 1 N–H and O–H groups in total. The van der Waals surface area contributed by atoms with Crippen molar-refractivity contribution in [2.75, 3.05) is 13.1 Å². The predicted molar refractivity (Wildman–Crippen MR) is 79.1 cm³/mol. The number of likely N-dealkylation sites (tertiary alicyclic amines) is 1. The lowest BCUT2D eigenvalue weighted by Gasteiger charge is -2.23. The number of hydrogen-bond donors (Lipinski definition) is 1. The highest BCUT2D eigenvalue weighted by Gasteiger charge is 2.55. The van der Waals surface area contributed by atoms with Gasteiger partial charge in [0.2, 0.25) is 5.91 Å². The lowest BCUT2D eigenvalue weighted by molar-refractivity contribution is -0.149. The summed E-state index contributed by atoms with van der Waals surface area (Å²) in [5.74, 6) is -1.59. The van der Waals surface area contributed by atoms with E-state index in [9.17, 15) is 19.1 Å².